The van der Waals surface area contributed by atoms with Crippen LogP contribution in [0.3, 0.4) is 0 Å². The minimum Gasteiger partial charge on any atom is -0.341 e. The highest BCUT2D eigenvalue weighted by Crippen LogP contribution is 2.27. The molecule has 0 bridgehead atoms. The Bertz CT molecular complexity index is 528. The predicted octanol–water partition coefficient (Wildman–Crippen LogP) is 0.685. The Balaban J connectivity index is 1.87. The average Bonchev–Trinajstić information content (AvgIpc) is 3.01. The maximum Gasteiger partial charge on any atom is 0.312 e. The van der Waals surface area contributed by atoms with E-state index in [4.69, 9.17) is 0 Å². The van der Waals surface area contributed by atoms with Crippen LogP contribution in [-0.4, -0.2) is 50.2 Å². The number of hydrogen-bond acceptors (Lipinski definition) is 5. The van der Waals surface area contributed by atoms with Gasteiger partial charge in [0.2, 0.25) is 0 Å². The lowest BCUT2D eigenvalue weighted by Crippen LogP contribution is -2.49. The fraction of sp³-hybridized carbons (Fsp3) is 0.692. The van der Waals surface area contributed by atoms with Crippen molar-refractivity contribution >= 4 is 23.6 Å². The van der Waals surface area contributed by atoms with Gasteiger partial charge in [-0.1, -0.05) is 0 Å². The van der Waals surface area contributed by atoms with Crippen LogP contribution in [0.5, 0.6) is 0 Å². The summed E-state index contributed by atoms with van der Waals surface area (Å²) in [4.78, 5) is 30.0. The molecule has 0 aliphatic carbocycles. The second-order valence-corrected chi connectivity index (χ2v) is 6.55. The normalized spacial score (nSPS) is 17.0. The number of amides is 2. The minimum atomic E-state index is -0.590. The summed E-state index contributed by atoms with van der Waals surface area (Å²) in [5, 5.41) is 9.38. The van der Waals surface area contributed by atoms with Gasteiger partial charge in [-0.15, -0.1) is 0 Å². The molecule has 21 heavy (non-hydrogen) atoms. The van der Waals surface area contributed by atoms with Crippen LogP contribution in [0, 0.1) is 0 Å². The number of carbonyl (C=O) groups excluding carboxylic acids is 2. The van der Waals surface area contributed by atoms with Gasteiger partial charge in [0.25, 0.3) is 0 Å². The van der Waals surface area contributed by atoms with E-state index in [0.717, 1.165) is 12.8 Å². The molecule has 1 aliphatic heterocycles. The summed E-state index contributed by atoms with van der Waals surface area (Å²) in [5.74, 6) is 0.902. The molecule has 7 nitrogen and oxygen atoms in total. The van der Waals surface area contributed by atoms with Crippen LogP contribution in [0.25, 0.3) is 0 Å². The molecule has 116 valence electrons. The number of carbonyl (C=O) groups is 2. The van der Waals surface area contributed by atoms with Gasteiger partial charge in [-0.2, -0.15) is 16.9 Å². The lowest BCUT2D eigenvalue weighted by atomic mass is 10.0. The van der Waals surface area contributed by atoms with Crippen molar-refractivity contribution in [2.75, 3.05) is 12.8 Å². The van der Waals surface area contributed by atoms with Crippen molar-refractivity contribution in [2.45, 2.75) is 44.5 Å². The minimum absolute atomic E-state index is 0.181. The van der Waals surface area contributed by atoms with Crippen molar-refractivity contribution < 1.29 is 9.59 Å². The molecule has 0 atom stereocenters. The monoisotopic (exact) mass is 311 g/mol. The molecule has 2 heterocycles. The molecule has 0 saturated carbocycles. The van der Waals surface area contributed by atoms with Gasteiger partial charge in [0.1, 0.15) is 5.82 Å². The number of nitrogens with zero attached hydrogens (tertiary/aromatic N) is 3. The first kappa shape index (κ1) is 15.8. The number of thioether (sulfide) groups is 1. The van der Waals surface area contributed by atoms with E-state index in [2.05, 4.69) is 20.5 Å². The number of likely N-dealkylation sites (tertiary alicyclic amines) is 1. The summed E-state index contributed by atoms with van der Waals surface area (Å²) in [6.07, 6.45) is 3.83. The summed E-state index contributed by atoms with van der Waals surface area (Å²) >= 11 is 1.62. The molecular weight excluding hydrogens is 290 g/mol. The molecule has 2 rings (SSSR count). The Morgan fingerprint density at radius 3 is 2.86 bits per heavy atom. The van der Waals surface area contributed by atoms with Gasteiger partial charge < -0.3 is 10.2 Å². The summed E-state index contributed by atoms with van der Waals surface area (Å²) < 4.78 is 0. The van der Waals surface area contributed by atoms with Crippen LogP contribution in [0.15, 0.2) is 0 Å². The Morgan fingerprint density at radius 2 is 2.24 bits per heavy atom. The van der Waals surface area contributed by atoms with Crippen LogP contribution >= 0.6 is 11.8 Å². The fourth-order valence-corrected chi connectivity index (χ4v) is 2.84. The fourth-order valence-electron chi connectivity index (χ4n) is 2.45. The molecule has 2 amide bonds. The third kappa shape index (κ3) is 3.75. The van der Waals surface area contributed by atoms with Crippen molar-refractivity contribution in [3.05, 3.63) is 11.6 Å². The number of aromatic nitrogens is 3. The lowest BCUT2D eigenvalue weighted by Gasteiger charge is -2.30. The highest BCUT2D eigenvalue weighted by molar-refractivity contribution is 7.97. The summed E-state index contributed by atoms with van der Waals surface area (Å²) in [5.41, 5.74) is -0.244. The topological polar surface area (TPSA) is 91.0 Å². The molecule has 0 spiro atoms. The Kier molecular flexibility index (Phi) is 4.87. The van der Waals surface area contributed by atoms with Gasteiger partial charge in [-0.05, 0) is 32.9 Å². The Morgan fingerprint density at radius 1 is 1.48 bits per heavy atom. The molecule has 0 aromatic carbocycles. The van der Waals surface area contributed by atoms with E-state index in [1.807, 2.05) is 20.1 Å². The second kappa shape index (κ2) is 6.46. The lowest BCUT2D eigenvalue weighted by molar-refractivity contribution is -0.148. The number of aromatic amines is 1. The summed E-state index contributed by atoms with van der Waals surface area (Å²) in [6, 6.07) is 0. The third-order valence-electron chi connectivity index (χ3n) is 3.61. The second-order valence-electron chi connectivity index (χ2n) is 5.69. The Labute approximate surface area is 128 Å². The summed E-state index contributed by atoms with van der Waals surface area (Å²) in [7, 11) is 0. The first-order chi connectivity index (χ1) is 9.94. The van der Waals surface area contributed by atoms with Gasteiger partial charge in [0, 0.05) is 12.1 Å². The van der Waals surface area contributed by atoms with Crippen LogP contribution in [0.4, 0.5) is 0 Å². The van der Waals surface area contributed by atoms with E-state index in [0.29, 0.717) is 23.9 Å². The SMILES string of the molecule is CSCc1n[nH]c(CNC(=O)C(=O)N2CCCC2(C)C)n1. The maximum atomic E-state index is 12.2. The number of nitrogens with one attached hydrogen (secondary N) is 2. The van der Waals surface area contributed by atoms with Crippen molar-refractivity contribution in [2.24, 2.45) is 0 Å². The zero-order valence-electron chi connectivity index (χ0n) is 12.6. The molecule has 1 aromatic heterocycles. The predicted molar refractivity (Wildman–Crippen MR) is 80.5 cm³/mol. The number of H-pyrrole nitrogens is 1. The van der Waals surface area contributed by atoms with E-state index < -0.39 is 11.8 Å². The number of rotatable bonds is 4. The van der Waals surface area contributed by atoms with E-state index in [-0.39, 0.29) is 12.1 Å². The quantitative estimate of drug-likeness (QED) is 0.798. The molecular formula is C13H21N5O2S. The largest absolute Gasteiger partial charge is 0.341 e. The van der Waals surface area contributed by atoms with Crippen molar-refractivity contribution in [1.29, 1.82) is 0 Å². The van der Waals surface area contributed by atoms with Crippen LogP contribution in [0.2, 0.25) is 0 Å². The van der Waals surface area contributed by atoms with E-state index in [1.165, 1.54) is 0 Å². The van der Waals surface area contributed by atoms with Crippen molar-refractivity contribution in [3.63, 3.8) is 0 Å². The van der Waals surface area contributed by atoms with E-state index in [1.54, 1.807) is 16.7 Å². The van der Waals surface area contributed by atoms with Crippen molar-refractivity contribution in [1.82, 2.24) is 25.4 Å². The average molecular weight is 311 g/mol. The summed E-state index contributed by atoms with van der Waals surface area (Å²) in [6.45, 7) is 4.78. The first-order valence-corrected chi connectivity index (χ1v) is 8.32. The molecule has 0 radical (unpaired) electrons. The van der Waals surface area contributed by atoms with Crippen LogP contribution < -0.4 is 5.32 Å². The molecule has 1 aliphatic rings. The van der Waals surface area contributed by atoms with Crippen LogP contribution in [0.1, 0.15) is 38.3 Å². The maximum absolute atomic E-state index is 12.2. The zero-order chi connectivity index (χ0) is 15.5. The van der Waals surface area contributed by atoms with E-state index in [9.17, 15) is 9.59 Å². The molecule has 8 heteroatoms. The Hall–Kier alpha value is -1.57. The van der Waals surface area contributed by atoms with Gasteiger partial charge in [0.15, 0.2) is 5.82 Å². The van der Waals surface area contributed by atoms with Crippen molar-refractivity contribution in [3.8, 4) is 0 Å². The molecule has 1 fully saturated rings. The smallest absolute Gasteiger partial charge is 0.312 e. The molecule has 1 saturated heterocycles. The van der Waals surface area contributed by atoms with Gasteiger partial charge in [-0.3, -0.25) is 14.7 Å². The zero-order valence-corrected chi connectivity index (χ0v) is 13.4. The van der Waals surface area contributed by atoms with Crippen LogP contribution in [-0.2, 0) is 21.9 Å². The van der Waals surface area contributed by atoms with Gasteiger partial charge in [-0.25, -0.2) is 4.98 Å². The van der Waals surface area contributed by atoms with E-state index >= 15 is 0 Å². The first-order valence-electron chi connectivity index (χ1n) is 6.93. The number of hydrogen-bond donors (Lipinski definition) is 2. The molecule has 0 unspecified atom stereocenters. The molecule has 2 N–H and O–H groups in total. The standard InChI is InChI=1S/C13H21N5O2S/c1-13(2)5-4-6-18(13)12(20)11(19)14-7-9-15-10(8-21-3)17-16-9/h4-8H2,1-3H3,(H,14,19)(H,15,16,17). The molecule has 1 aromatic rings. The highest BCUT2D eigenvalue weighted by atomic mass is 32.2. The third-order valence-corrected chi connectivity index (χ3v) is 4.16. The highest BCUT2D eigenvalue weighted by Gasteiger charge is 2.37. The van der Waals surface area contributed by atoms with Gasteiger partial charge >= 0.3 is 11.8 Å². The van der Waals surface area contributed by atoms with Gasteiger partial charge in [0.05, 0.1) is 12.3 Å².